The van der Waals surface area contributed by atoms with Crippen LogP contribution in [-0.2, 0) is 6.54 Å². The van der Waals surface area contributed by atoms with Gasteiger partial charge in [0.1, 0.15) is 0 Å². The van der Waals surface area contributed by atoms with E-state index in [1.54, 1.807) is 11.3 Å². The zero-order valence-corrected chi connectivity index (χ0v) is 14.7. The molecule has 0 spiro atoms. The number of nitrogens with zero attached hydrogens (tertiary/aromatic N) is 3. The molecule has 2 rings (SSSR count). The fourth-order valence-electron chi connectivity index (χ4n) is 2.95. The van der Waals surface area contributed by atoms with Gasteiger partial charge in [-0.25, -0.2) is 4.98 Å². The monoisotopic (exact) mass is 310 g/mol. The molecule has 1 fully saturated rings. The summed E-state index contributed by atoms with van der Waals surface area (Å²) in [6.07, 6.45) is 3.72. The number of aromatic nitrogens is 1. The Hall–Kier alpha value is -0.650. The van der Waals surface area contributed by atoms with Crippen LogP contribution in [-0.4, -0.2) is 43.6 Å². The van der Waals surface area contributed by atoms with Crippen molar-refractivity contribution in [3.63, 3.8) is 0 Å². The molecule has 0 bridgehead atoms. The Kier molecular flexibility index (Phi) is 6.02. The first kappa shape index (κ1) is 16.7. The Morgan fingerprint density at radius 3 is 2.67 bits per heavy atom. The van der Waals surface area contributed by atoms with Gasteiger partial charge in [0, 0.05) is 25.0 Å². The SMILES string of the molecule is CCC(C)c1nc(N(C)CC2CCN(C)CC2)sc1CN. The summed E-state index contributed by atoms with van der Waals surface area (Å²) in [5, 5.41) is 1.14. The summed E-state index contributed by atoms with van der Waals surface area (Å²) in [5.74, 6) is 1.30. The number of hydrogen-bond acceptors (Lipinski definition) is 5. The highest BCUT2D eigenvalue weighted by atomic mass is 32.1. The molecular formula is C16H30N4S. The number of piperidine rings is 1. The molecule has 0 aliphatic carbocycles. The van der Waals surface area contributed by atoms with Gasteiger partial charge in [0.05, 0.1) is 5.69 Å². The van der Waals surface area contributed by atoms with E-state index in [0.717, 1.165) is 24.0 Å². The summed E-state index contributed by atoms with van der Waals surface area (Å²) in [6.45, 7) is 8.64. The van der Waals surface area contributed by atoms with Gasteiger partial charge in [-0.1, -0.05) is 13.8 Å². The second kappa shape index (κ2) is 7.56. The number of hydrogen-bond donors (Lipinski definition) is 1. The smallest absolute Gasteiger partial charge is 0.185 e. The maximum absolute atomic E-state index is 5.90. The van der Waals surface area contributed by atoms with Crippen molar-refractivity contribution in [2.24, 2.45) is 11.7 Å². The average Bonchev–Trinajstić information content (AvgIpc) is 2.93. The predicted octanol–water partition coefficient (Wildman–Crippen LogP) is 2.89. The van der Waals surface area contributed by atoms with Gasteiger partial charge in [-0.15, -0.1) is 11.3 Å². The van der Waals surface area contributed by atoms with Gasteiger partial charge < -0.3 is 15.5 Å². The molecule has 1 aliphatic rings. The van der Waals surface area contributed by atoms with Crippen LogP contribution in [0.15, 0.2) is 0 Å². The van der Waals surface area contributed by atoms with E-state index < -0.39 is 0 Å². The molecule has 120 valence electrons. The fourth-order valence-corrected chi connectivity index (χ4v) is 3.98. The molecule has 21 heavy (non-hydrogen) atoms. The molecule has 1 atom stereocenters. The number of anilines is 1. The quantitative estimate of drug-likeness (QED) is 0.877. The minimum atomic E-state index is 0.505. The molecule has 2 N–H and O–H groups in total. The van der Waals surface area contributed by atoms with E-state index in [4.69, 9.17) is 10.7 Å². The minimum Gasteiger partial charge on any atom is -0.351 e. The van der Waals surface area contributed by atoms with Crippen LogP contribution >= 0.6 is 11.3 Å². The normalized spacial score (nSPS) is 18.9. The lowest BCUT2D eigenvalue weighted by Gasteiger charge is -2.31. The zero-order valence-electron chi connectivity index (χ0n) is 13.9. The number of thiazole rings is 1. The largest absolute Gasteiger partial charge is 0.351 e. The number of likely N-dealkylation sites (tertiary alicyclic amines) is 1. The molecule has 0 aromatic carbocycles. The Labute approximate surface area is 133 Å². The highest BCUT2D eigenvalue weighted by Gasteiger charge is 2.21. The lowest BCUT2D eigenvalue weighted by molar-refractivity contribution is 0.222. The topological polar surface area (TPSA) is 45.4 Å². The summed E-state index contributed by atoms with van der Waals surface area (Å²) < 4.78 is 0. The van der Waals surface area contributed by atoms with E-state index in [1.165, 1.54) is 36.5 Å². The molecule has 0 amide bonds. The van der Waals surface area contributed by atoms with Crippen LogP contribution in [0.5, 0.6) is 0 Å². The van der Waals surface area contributed by atoms with Crippen LogP contribution in [0.4, 0.5) is 5.13 Å². The van der Waals surface area contributed by atoms with E-state index in [0.29, 0.717) is 12.5 Å². The molecule has 2 heterocycles. The van der Waals surface area contributed by atoms with Gasteiger partial charge in [-0.3, -0.25) is 0 Å². The molecule has 1 aliphatic heterocycles. The van der Waals surface area contributed by atoms with Gasteiger partial charge in [-0.05, 0) is 51.2 Å². The first-order valence-electron chi connectivity index (χ1n) is 8.14. The number of rotatable bonds is 6. The molecule has 1 aromatic rings. The third kappa shape index (κ3) is 4.18. The molecule has 5 heteroatoms. The third-order valence-corrected chi connectivity index (χ3v) is 5.89. The standard InChI is InChI=1S/C16H30N4S/c1-5-12(2)15-14(10-17)21-16(18-15)20(4)11-13-6-8-19(3)9-7-13/h12-13H,5-11,17H2,1-4H3. The number of nitrogens with two attached hydrogens (primary N) is 1. The molecule has 1 unspecified atom stereocenters. The third-order valence-electron chi connectivity index (χ3n) is 4.68. The van der Waals surface area contributed by atoms with Gasteiger partial charge in [0.15, 0.2) is 5.13 Å². The van der Waals surface area contributed by atoms with Crippen molar-refractivity contribution in [3.05, 3.63) is 10.6 Å². The maximum atomic E-state index is 5.90. The summed E-state index contributed by atoms with van der Waals surface area (Å²) in [5.41, 5.74) is 7.12. The second-order valence-electron chi connectivity index (χ2n) is 6.45. The van der Waals surface area contributed by atoms with Crippen LogP contribution < -0.4 is 10.6 Å². The van der Waals surface area contributed by atoms with Crippen molar-refractivity contribution in [1.82, 2.24) is 9.88 Å². The lowest BCUT2D eigenvalue weighted by atomic mass is 9.97. The molecule has 4 nitrogen and oxygen atoms in total. The van der Waals surface area contributed by atoms with Gasteiger partial charge in [0.25, 0.3) is 0 Å². The molecular weight excluding hydrogens is 280 g/mol. The van der Waals surface area contributed by atoms with Crippen molar-refractivity contribution < 1.29 is 0 Å². The average molecular weight is 311 g/mol. The van der Waals surface area contributed by atoms with E-state index in [1.807, 2.05) is 0 Å². The van der Waals surface area contributed by atoms with Crippen molar-refractivity contribution in [2.75, 3.05) is 38.6 Å². The van der Waals surface area contributed by atoms with Crippen molar-refractivity contribution in [1.29, 1.82) is 0 Å². The maximum Gasteiger partial charge on any atom is 0.185 e. The van der Waals surface area contributed by atoms with Crippen LogP contribution in [0.1, 0.15) is 49.6 Å². The first-order chi connectivity index (χ1) is 10.0. The fraction of sp³-hybridized carbons (Fsp3) is 0.812. The Morgan fingerprint density at radius 1 is 1.43 bits per heavy atom. The van der Waals surface area contributed by atoms with Crippen LogP contribution in [0.25, 0.3) is 0 Å². The van der Waals surface area contributed by atoms with Gasteiger partial charge in [-0.2, -0.15) is 0 Å². The Bertz CT molecular complexity index is 437. The summed E-state index contributed by atoms with van der Waals surface area (Å²) in [7, 11) is 4.39. The van der Waals surface area contributed by atoms with E-state index in [2.05, 4.69) is 37.7 Å². The van der Waals surface area contributed by atoms with Crippen molar-refractivity contribution in [3.8, 4) is 0 Å². The summed E-state index contributed by atoms with van der Waals surface area (Å²) >= 11 is 1.78. The highest BCUT2D eigenvalue weighted by Crippen LogP contribution is 2.32. The first-order valence-corrected chi connectivity index (χ1v) is 8.96. The van der Waals surface area contributed by atoms with Gasteiger partial charge in [0.2, 0.25) is 0 Å². The Balaban J connectivity index is 2.01. The van der Waals surface area contributed by atoms with Crippen LogP contribution in [0, 0.1) is 5.92 Å². The zero-order chi connectivity index (χ0) is 15.4. The molecule has 0 radical (unpaired) electrons. The molecule has 0 saturated carbocycles. The van der Waals surface area contributed by atoms with E-state index >= 15 is 0 Å². The Morgan fingerprint density at radius 2 is 2.10 bits per heavy atom. The van der Waals surface area contributed by atoms with Crippen molar-refractivity contribution >= 4 is 16.5 Å². The minimum absolute atomic E-state index is 0.505. The lowest BCUT2D eigenvalue weighted by Crippen LogP contribution is -2.35. The molecule has 1 aromatic heterocycles. The highest BCUT2D eigenvalue weighted by molar-refractivity contribution is 7.15. The van der Waals surface area contributed by atoms with Gasteiger partial charge >= 0.3 is 0 Å². The second-order valence-corrected chi connectivity index (χ2v) is 7.51. The summed E-state index contributed by atoms with van der Waals surface area (Å²) in [6, 6.07) is 0. The van der Waals surface area contributed by atoms with E-state index in [-0.39, 0.29) is 0 Å². The summed E-state index contributed by atoms with van der Waals surface area (Å²) in [4.78, 5) is 10.9. The van der Waals surface area contributed by atoms with Crippen LogP contribution in [0.3, 0.4) is 0 Å². The predicted molar refractivity (Wildman–Crippen MR) is 92.2 cm³/mol. The van der Waals surface area contributed by atoms with E-state index in [9.17, 15) is 0 Å². The van der Waals surface area contributed by atoms with Crippen molar-refractivity contribution in [2.45, 2.75) is 45.6 Å². The molecule has 1 saturated heterocycles. The van der Waals surface area contributed by atoms with Crippen LogP contribution in [0.2, 0.25) is 0 Å².